The Balaban J connectivity index is 1.77. The minimum Gasteiger partial charge on any atom is -0.343 e. The van der Waals surface area contributed by atoms with Crippen molar-refractivity contribution in [2.45, 2.75) is 57.9 Å². The summed E-state index contributed by atoms with van der Waals surface area (Å²) in [6.45, 7) is 6.22. The molecule has 146 valence electrons. The third-order valence-electron chi connectivity index (χ3n) is 6.66. The van der Waals surface area contributed by atoms with Gasteiger partial charge in [-0.05, 0) is 85.4 Å². The Morgan fingerprint density at radius 1 is 1.00 bits per heavy atom. The molecule has 1 aliphatic heterocycles. The number of aryl methyl sites for hydroxylation is 1. The molecule has 0 bridgehead atoms. The van der Waals surface area contributed by atoms with Gasteiger partial charge in [0.1, 0.15) is 5.92 Å². The van der Waals surface area contributed by atoms with Gasteiger partial charge >= 0.3 is 0 Å². The van der Waals surface area contributed by atoms with Crippen LogP contribution in [0.3, 0.4) is 0 Å². The number of hydrogen-bond donors (Lipinski definition) is 1. The zero-order chi connectivity index (χ0) is 20.1. The smallest absolute Gasteiger partial charge is 0.235 e. The van der Waals surface area contributed by atoms with Crippen molar-refractivity contribution in [1.29, 1.82) is 0 Å². The first-order valence-corrected chi connectivity index (χ1v) is 10.4. The Morgan fingerprint density at radius 3 is 2.29 bits per heavy atom. The normalized spacial score (nSPS) is 27.3. The van der Waals surface area contributed by atoms with E-state index in [4.69, 9.17) is 11.6 Å². The monoisotopic (exact) mass is 395 g/mol. The second kappa shape index (κ2) is 7.04. The molecule has 4 heteroatoms. The number of Topliss-reactive ketones (excluding diaryl/α,β-unsaturated/α-hetero) is 1. The van der Waals surface area contributed by atoms with Crippen molar-refractivity contribution in [3.8, 4) is 11.1 Å². The van der Waals surface area contributed by atoms with Crippen LogP contribution in [-0.2, 0) is 9.59 Å². The SMILES string of the molecule is Cc1ccc(-c2ccc(Cl)cc2)c(C)c1C1C(=O)NC2(CCC(C)CC2)C1=O. The molecule has 1 atom stereocenters. The van der Waals surface area contributed by atoms with E-state index >= 15 is 0 Å². The average molecular weight is 396 g/mol. The van der Waals surface area contributed by atoms with Gasteiger partial charge < -0.3 is 5.32 Å². The minimum atomic E-state index is -0.708. The molecule has 28 heavy (non-hydrogen) atoms. The van der Waals surface area contributed by atoms with Gasteiger partial charge in [-0.15, -0.1) is 0 Å². The number of rotatable bonds is 2. The van der Waals surface area contributed by atoms with Gasteiger partial charge in [0.15, 0.2) is 5.78 Å². The first kappa shape index (κ1) is 19.2. The van der Waals surface area contributed by atoms with Crippen molar-refractivity contribution in [3.63, 3.8) is 0 Å². The molecule has 1 aliphatic carbocycles. The number of halogens is 1. The summed E-state index contributed by atoms with van der Waals surface area (Å²) in [7, 11) is 0. The van der Waals surface area contributed by atoms with Crippen LogP contribution in [0.4, 0.5) is 0 Å². The predicted octanol–water partition coefficient (Wildman–Crippen LogP) is 5.36. The van der Waals surface area contributed by atoms with E-state index in [0.29, 0.717) is 10.9 Å². The first-order chi connectivity index (χ1) is 13.3. The number of nitrogens with one attached hydrogen (secondary N) is 1. The molecule has 1 saturated carbocycles. The van der Waals surface area contributed by atoms with Gasteiger partial charge in [-0.3, -0.25) is 9.59 Å². The lowest BCUT2D eigenvalue weighted by Gasteiger charge is -2.34. The fourth-order valence-corrected chi connectivity index (χ4v) is 5.03. The molecule has 2 fully saturated rings. The molecule has 0 radical (unpaired) electrons. The highest BCUT2D eigenvalue weighted by Crippen LogP contribution is 2.43. The molecular weight excluding hydrogens is 370 g/mol. The quantitative estimate of drug-likeness (QED) is 0.696. The Bertz CT molecular complexity index is 940. The van der Waals surface area contributed by atoms with E-state index in [0.717, 1.165) is 53.5 Å². The van der Waals surface area contributed by atoms with Crippen LogP contribution in [0, 0.1) is 19.8 Å². The standard InChI is InChI=1S/C24H26ClNO2/c1-14-10-12-24(13-11-14)22(27)21(23(28)26-24)20-15(2)4-9-19(16(20)3)17-5-7-18(25)8-6-17/h4-9,14,21H,10-13H2,1-3H3,(H,26,28). The molecule has 2 aromatic rings. The number of carbonyl (C=O) groups excluding carboxylic acids is 2. The molecule has 1 amide bonds. The highest BCUT2D eigenvalue weighted by Gasteiger charge is 2.54. The van der Waals surface area contributed by atoms with Crippen molar-refractivity contribution in [2.75, 3.05) is 0 Å². The van der Waals surface area contributed by atoms with Crippen LogP contribution < -0.4 is 5.32 Å². The van der Waals surface area contributed by atoms with E-state index < -0.39 is 11.5 Å². The van der Waals surface area contributed by atoms with Crippen LogP contribution >= 0.6 is 11.6 Å². The minimum absolute atomic E-state index is 0.0591. The highest BCUT2D eigenvalue weighted by molar-refractivity contribution is 6.30. The van der Waals surface area contributed by atoms with Gasteiger partial charge in [-0.25, -0.2) is 0 Å². The molecule has 1 heterocycles. The summed E-state index contributed by atoms with van der Waals surface area (Å²) in [4.78, 5) is 26.5. The van der Waals surface area contributed by atoms with Crippen LogP contribution in [-0.4, -0.2) is 17.2 Å². The van der Waals surface area contributed by atoms with E-state index in [1.807, 2.05) is 44.2 Å². The van der Waals surface area contributed by atoms with Gasteiger partial charge in [-0.1, -0.05) is 42.8 Å². The molecule has 4 rings (SSSR count). The zero-order valence-electron chi connectivity index (χ0n) is 16.6. The topological polar surface area (TPSA) is 46.2 Å². The van der Waals surface area contributed by atoms with Crippen LogP contribution in [0.25, 0.3) is 11.1 Å². The van der Waals surface area contributed by atoms with E-state index in [1.54, 1.807) is 0 Å². The molecule has 1 N–H and O–H groups in total. The van der Waals surface area contributed by atoms with Crippen LogP contribution in [0.5, 0.6) is 0 Å². The van der Waals surface area contributed by atoms with Crippen LogP contribution in [0.2, 0.25) is 5.02 Å². The maximum atomic E-state index is 13.5. The lowest BCUT2D eigenvalue weighted by molar-refractivity contribution is -0.126. The van der Waals surface area contributed by atoms with Gasteiger partial charge in [0.25, 0.3) is 0 Å². The van der Waals surface area contributed by atoms with Crippen molar-refractivity contribution >= 4 is 23.3 Å². The van der Waals surface area contributed by atoms with Crippen molar-refractivity contribution in [3.05, 3.63) is 58.1 Å². The second-order valence-electron chi connectivity index (χ2n) is 8.53. The number of benzene rings is 2. The summed E-state index contributed by atoms with van der Waals surface area (Å²) in [5, 5.41) is 3.79. The van der Waals surface area contributed by atoms with Crippen molar-refractivity contribution < 1.29 is 9.59 Å². The molecule has 1 unspecified atom stereocenters. The number of amides is 1. The lowest BCUT2D eigenvalue weighted by Crippen LogP contribution is -2.49. The molecular formula is C24H26ClNO2. The fourth-order valence-electron chi connectivity index (χ4n) is 4.90. The van der Waals surface area contributed by atoms with E-state index in [9.17, 15) is 9.59 Å². The Hall–Kier alpha value is -2.13. The largest absolute Gasteiger partial charge is 0.343 e. The molecule has 0 aromatic heterocycles. The lowest BCUT2D eigenvalue weighted by atomic mass is 9.73. The Kier molecular flexibility index (Phi) is 4.83. The number of carbonyl (C=O) groups is 2. The highest BCUT2D eigenvalue weighted by atomic mass is 35.5. The van der Waals surface area contributed by atoms with E-state index in [1.165, 1.54) is 0 Å². The maximum absolute atomic E-state index is 13.5. The third kappa shape index (κ3) is 3.06. The van der Waals surface area contributed by atoms with Gasteiger partial charge in [-0.2, -0.15) is 0 Å². The summed E-state index contributed by atoms with van der Waals surface area (Å²) in [5.74, 6) is -0.172. The molecule has 2 aromatic carbocycles. The Morgan fingerprint density at radius 2 is 1.64 bits per heavy atom. The van der Waals surface area contributed by atoms with Gasteiger partial charge in [0.2, 0.25) is 5.91 Å². The third-order valence-corrected chi connectivity index (χ3v) is 6.92. The predicted molar refractivity (Wildman–Crippen MR) is 113 cm³/mol. The summed E-state index contributed by atoms with van der Waals surface area (Å²) < 4.78 is 0. The number of ketones is 1. The second-order valence-corrected chi connectivity index (χ2v) is 8.96. The molecule has 1 saturated heterocycles. The fraction of sp³-hybridized carbons (Fsp3) is 0.417. The van der Waals surface area contributed by atoms with Gasteiger partial charge in [0, 0.05) is 5.02 Å². The summed E-state index contributed by atoms with van der Waals surface area (Å²) in [5.41, 5.74) is 4.27. The van der Waals surface area contributed by atoms with E-state index in [2.05, 4.69) is 18.3 Å². The summed E-state index contributed by atoms with van der Waals surface area (Å²) in [6.07, 6.45) is 3.48. The first-order valence-electron chi connectivity index (χ1n) is 10.0. The number of hydrogen-bond acceptors (Lipinski definition) is 2. The van der Waals surface area contributed by atoms with Crippen LogP contribution in [0.1, 0.15) is 55.2 Å². The van der Waals surface area contributed by atoms with Crippen molar-refractivity contribution in [1.82, 2.24) is 5.32 Å². The van der Waals surface area contributed by atoms with Gasteiger partial charge in [0.05, 0.1) is 5.54 Å². The Labute approximate surface area is 171 Å². The van der Waals surface area contributed by atoms with E-state index in [-0.39, 0.29) is 11.7 Å². The summed E-state index contributed by atoms with van der Waals surface area (Å²) in [6, 6.07) is 11.8. The molecule has 1 spiro atoms. The zero-order valence-corrected chi connectivity index (χ0v) is 17.4. The molecule has 2 aliphatic rings. The summed E-state index contributed by atoms with van der Waals surface area (Å²) >= 11 is 6.03. The average Bonchev–Trinajstić information content (AvgIpc) is 2.90. The molecule has 3 nitrogen and oxygen atoms in total. The maximum Gasteiger partial charge on any atom is 0.235 e. The van der Waals surface area contributed by atoms with Crippen molar-refractivity contribution in [2.24, 2.45) is 5.92 Å². The van der Waals surface area contributed by atoms with Crippen LogP contribution in [0.15, 0.2) is 36.4 Å².